The predicted octanol–water partition coefficient (Wildman–Crippen LogP) is 2.29. The lowest BCUT2D eigenvalue weighted by molar-refractivity contribution is -0.127. The summed E-state index contributed by atoms with van der Waals surface area (Å²) >= 11 is 0. The van der Waals surface area contributed by atoms with Gasteiger partial charge in [0.1, 0.15) is 0 Å². The van der Waals surface area contributed by atoms with Crippen molar-refractivity contribution in [3.63, 3.8) is 0 Å². The number of hydrogen-bond acceptors (Lipinski definition) is 3. The molecule has 4 nitrogen and oxygen atoms in total. The Bertz CT molecular complexity index is 618. The van der Waals surface area contributed by atoms with Crippen molar-refractivity contribution in [1.29, 1.82) is 0 Å². The fourth-order valence-electron chi connectivity index (χ4n) is 2.36. The fourth-order valence-corrected chi connectivity index (χ4v) is 4.22. The first kappa shape index (κ1) is 14.1. The molecule has 0 saturated heterocycles. The molecular weight excluding hydrogens is 262 g/mol. The lowest BCUT2D eigenvalue weighted by Gasteiger charge is -2.31. The molecule has 0 radical (unpaired) electrons. The van der Waals surface area contributed by atoms with Gasteiger partial charge in [0.25, 0.3) is 10.0 Å². The van der Waals surface area contributed by atoms with Crippen LogP contribution in [0, 0.1) is 0 Å². The molecule has 5 heteroatoms. The number of hydrogen-bond donors (Lipinski definition) is 0. The highest BCUT2D eigenvalue weighted by Crippen LogP contribution is 2.31. The SMILES string of the molecule is CC(C)c1ccc2c(c1)S(=O)(=O)N(C(C)C)C(=O)C2. The molecule has 0 spiro atoms. The Morgan fingerprint density at radius 1 is 1.16 bits per heavy atom. The van der Waals surface area contributed by atoms with Gasteiger partial charge in [-0.3, -0.25) is 4.79 Å². The van der Waals surface area contributed by atoms with E-state index in [0.29, 0.717) is 5.56 Å². The smallest absolute Gasteiger partial charge is 0.267 e. The van der Waals surface area contributed by atoms with Crippen LogP contribution in [0.15, 0.2) is 23.1 Å². The molecule has 1 amide bonds. The Balaban J connectivity index is 2.64. The number of benzene rings is 1. The lowest BCUT2D eigenvalue weighted by Crippen LogP contribution is -2.46. The third-order valence-corrected chi connectivity index (χ3v) is 5.43. The summed E-state index contributed by atoms with van der Waals surface area (Å²) in [4.78, 5) is 12.3. The predicted molar refractivity (Wildman–Crippen MR) is 73.4 cm³/mol. The molecule has 0 saturated carbocycles. The number of sulfonamides is 1. The van der Waals surface area contributed by atoms with Crippen LogP contribution in [0.3, 0.4) is 0 Å². The molecule has 0 bridgehead atoms. The van der Waals surface area contributed by atoms with Gasteiger partial charge in [0.05, 0.1) is 11.3 Å². The van der Waals surface area contributed by atoms with Crippen LogP contribution in [-0.4, -0.2) is 24.7 Å². The number of nitrogens with zero attached hydrogens (tertiary/aromatic N) is 1. The Labute approximate surface area is 114 Å². The van der Waals surface area contributed by atoms with E-state index in [1.807, 2.05) is 19.9 Å². The van der Waals surface area contributed by atoms with Crippen LogP contribution in [0.25, 0.3) is 0 Å². The van der Waals surface area contributed by atoms with E-state index in [4.69, 9.17) is 0 Å². The molecule has 0 fully saturated rings. The summed E-state index contributed by atoms with van der Waals surface area (Å²) in [5, 5.41) is 0. The molecule has 1 aliphatic heterocycles. The van der Waals surface area contributed by atoms with Crippen LogP contribution in [-0.2, 0) is 21.2 Å². The molecule has 0 aliphatic carbocycles. The second-order valence-corrected chi connectivity index (χ2v) is 7.27. The van der Waals surface area contributed by atoms with E-state index in [1.165, 1.54) is 0 Å². The van der Waals surface area contributed by atoms with Crippen molar-refractivity contribution in [3.8, 4) is 0 Å². The number of fused-ring (bicyclic) bond motifs is 1. The van der Waals surface area contributed by atoms with Gasteiger partial charge in [-0.25, -0.2) is 12.7 Å². The van der Waals surface area contributed by atoms with Gasteiger partial charge >= 0.3 is 0 Å². The number of amides is 1. The largest absolute Gasteiger partial charge is 0.273 e. The number of carbonyl (C=O) groups excluding carboxylic acids is 1. The fraction of sp³-hybridized carbons (Fsp3) is 0.500. The summed E-state index contributed by atoms with van der Waals surface area (Å²) < 4.78 is 26.1. The first-order valence-electron chi connectivity index (χ1n) is 6.45. The van der Waals surface area contributed by atoms with E-state index in [-0.39, 0.29) is 29.2 Å². The molecule has 0 unspecified atom stereocenters. The Hall–Kier alpha value is -1.36. The highest BCUT2D eigenvalue weighted by molar-refractivity contribution is 7.89. The Kier molecular flexibility index (Phi) is 3.43. The average Bonchev–Trinajstić information content (AvgIpc) is 2.26. The minimum atomic E-state index is -3.70. The van der Waals surface area contributed by atoms with E-state index in [9.17, 15) is 13.2 Å². The second kappa shape index (κ2) is 4.63. The van der Waals surface area contributed by atoms with Crippen LogP contribution < -0.4 is 0 Å². The van der Waals surface area contributed by atoms with Crippen LogP contribution in [0.4, 0.5) is 0 Å². The van der Waals surface area contributed by atoms with Crippen LogP contribution in [0.2, 0.25) is 0 Å². The molecule has 104 valence electrons. The minimum absolute atomic E-state index is 0.158. The van der Waals surface area contributed by atoms with Gasteiger partial charge in [0.2, 0.25) is 5.91 Å². The van der Waals surface area contributed by atoms with E-state index in [0.717, 1.165) is 9.87 Å². The van der Waals surface area contributed by atoms with E-state index >= 15 is 0 Å². The average molecular weight is 281 g/mol. The van der Waals surface area contributed by atoms with Crippen molar-refractivity contribution in [2.45, 2.75) is 51.0 Å². The molecular formula is C14H19NO3S. The van der Waals surface area contributed by atoms with Crippen molar-refractivity contribution >= 4 is 15.9 Å². The molecule has 1 aromatic rings. The molecule has 1 aliphatic rings. The highest BCUT2D eigenvalue weighted by atomic mass is 32.2. The quantitative estimate of drug-likeness (QED) is 0.835. The first-order valence-corrected chi connectivity index (χ1v) is 7.89. The van der Waals surface area contributed by atoms with E-state index in [2.05, 4.69) is 0 Å². The van der Waals surface area contributed by atoms with Crippen molar-refractivity contribution in [2.24, 2.45) is 0 Å². The van der Waals surface area contributed by atoms with Crippen LogP contribution in [0.1, 0.15) is 44.7 Å². The molecule has 0 aromatic heterocycles. The molecule has 2 rings (SSSR count). The molecule has 0 N–H and O–H groups in total. The van der Waals surface area contributed by atoms with E-state index in [1.54, 1.807) is 26.0 Å². The maximum atomic E-state index is 12.5. The normalized spacial score (nSPS) is 18.0. The maximum Gasteiger partial charge on any atom is 0.267 e. The molecule has 0 atom stereocenters. The van der Waals surface area contributed by atoms with Gasteiger partial charge in [0.15, 0.2) is 0 Å². The van der Waals surface area contributed by atoms with Gasteiger partial charge < -0.3 is 0 Å². The zero-order chi connectivity index (χ0) is 14.4. The summed E-state index contributed by atoms with van der Waals surface area (Å²) in [6.07, 6.45) is 0.158. The van der Waals surface area contributed by atoms with Crippen molar-refractivity contribution < 1.29 is 13.2 Å². The van der Waals surface area contributed by atoms with Crippen molar-refractivity contribution in [2.75, 3.05) is 0 Å². The standard InChI is InChI=1S/C14H19NO3S/c1-9(2)11-5-6-12-8-14(16)15(10(3)4)19(17,18)13(12)7-11/h5-7,9-10H,8H2,1-4H3. The zero-order valence-corrected chi connectivity index (χ0v) is 12.5. The number of carbonyl (C=O) groups is 1. The maximum absolute atomic E-state index is 12.5. The van der Waals surface area contributed by atoms with Crippen molar-refractivity contribution in [3.05, 3.63) is 29.3 Å². The van der Waals surface area contributed by atoms with Crippen LogP contribution >= 0.6 is 0 Å². The topological polar surface area (TPSA) is 54.5 Å². The van der Waals surface area contributed by atoms with Crippen LogP contribution in [0.5, 0.6) is 0 Å². The zero-order valence-electron chi connectivity index (χ0n) is 11.7. The van der Waals surface area contributed by atoms with Crippen molar-refractivity contribution in [1.82, 2.24) is 4.31 Å². The highest BCUT2D eigenvalue weighted by Gasteiger charge is 2.38. The van der Waals surface area contributed by atoms with Gasteiger partial charge in [0, 0.05) is 6.04 Å². The molecule has 1 heterocycles. The van der Waals surface area contributed by atoms with Gasteiger partial charge in [-0.1, -0.05) is 26.0 Å². The molecule has 1 aromatic carbocycles. The third-order valence-electron chi connectivity index (χ3n) is 3.35. The second-order valence-electron chi connectivity index (χ2n) is 5.49. The summed E-state index contributed by atoms with van der Waals surface area (Å²) in [5.41, 5.74) is 1.58. The summed E-state index contributed by atoms with van der Waals surface area (Å²) in [5.74, 6) is -0.0922. The summed E-state index contributed by atoms with van der Waals surface area (Å²) in [6.45, 7) is 7.46. The summed E-state index contributed by atoms with van der Waals surface area (Å²) in [7, 11) is -3.70. The van der Waals surface area contributed by atoms with Gasteiger partial charge in [-0.05, 0) is 37.0 Å². The number of rotatable bonds is 2. The Morgan fingerprint density at radius 2 is 1.79 bits per heavy atom. The van der Waals surface area contributed by atoms with Gasteiger partial charge in [-0.15, -0.1) is 0 Å². The summed E-state index contributed by atoms with van der Waals surface area (Å²) in [6, 6.07) is 5.01. The first-order chi connectivity index (χ1) is 8.75. The molecule has 19 heavy (non-hydrogen) atoms. The third kappa shape index (κ3) is 2.27. The lowest BCUT2D eigenvalue weighted by atomic mass is 10.0. The minimum Gasteiger partial charge on any atom is -0.273 e. The van der Waals surface area contributed by atoms with E-state index < -0.39 is 10.0 Å². The van der Waals surface area contributed by atoms with Gasteiger partial charge in [-0.2, -0.15) is 0 Å². The Morgan fingerprint density at radius 3 is 2.32 bits per heavy atom. The monoisotopic (exact) mass is 281 g/mol.